The number of rotatable bonds is 9. The molecule has 2 aliphatic rings. The summed E-state index contributed by atoms with van der Waals surface area (Å²) in [5, 5.41) is 12.7. The molecule has 1 unspecified atom stereocenters. The summed E-state index contributed by atoms with van der Waals surface area (Å²) in [7, 11) is -4.05. The molecule has 12 heteroatoms. The van der Waals surface area contributed by atoms with Gasteiger partial charge in [0.15, 0.2) is 33.6 Å². The van der Waals surface area contributed by atoms with Gasteiger partial charge in [-0.05, 0) is 69.6 Å². The number of benzene rings is 2. The number of nitrogens with one attached hydrogen (secondary N) is 1. The van der Waals surface area contributed by atoms with Gasteiger partial charge >= 0.3 is 0 Å². The summed E-state index contributed by atoms with van der Waals surface area (Å²) in [6.07, 6.45) is 0.624. The molecule has 1 amide bonds. The number of amides is 1. The maximum absolute atomic E-state index is 13.9. The average Bonchev–Trinajstić information content (AvgIpc) is 3.15. The molecule has 2 aromatic carbocycles. The minimum Gasteiger partial charge on any atom is -0.385 e. The maximum atomic E-state index is 13.9. The second-order valence-electron chi connectivity index (χ2n) is 9.71. The number of halogens is 4. The van der Waals surface area contributed by atoms with Crippen molar-refractivity contribution in [2.24, 2.45) is 11.8 Å². The lowest BCUT2D eigenvalue weighted by Gasteiger charge is -2.44. The SMILES string of the molecule is CCOC(OCC)[C@]1(O)CC2CC[C@@H](C1)[C@H]2S(=O)(=O)c1cc(C(=O)Nc2cc(F)c(F)c(F)c2)ccc1Cl. The lowest BCUT2D eigenvalue weighted by Crippen LogP contribution is -2.54. The highest BCUT2D eigenvalue weighted by Gasteiger charge is 2.57. The summed E-state index contributed by atoms with van der Waals surface area (Å²) in [6.45, 7) is 4.22. The van der Waals surface area contributed by atoms with Crippen LogP contribution in [0.15, 0.2) is 35.2 Å². The number of fused-ring (bicyclic) bond motifs is 2. The van der Waals surface area contributed by atoms with E-state index in [0.717, 1.165) is 6.07 Å². The first-order valence-electron chi connectivity index (χ1n) is 12.4. The van der Waals surface area contributed by atoms with Crippen LogP contribution in [0.2, 0.25) is 5.02 Å². The van der Waals surface area contributed by atoms with E-state index in [1.165, 1.54) is 12.1 Å². The van der Waals surface area contributed by atoms with E-state index in [2.05, 4.69) is 5.32 Å². The first-order chi connectivity index (χ1) is 17.9. The minimum atomic E-state index is -4.05. The third-order valence-electron chi connectivity index (χ3n) is 7.24. The molecule has 0 saturated heterocycles. The smallest absolute Gasteiger partial charge is 0.255 e. The van der Waals surface area contributed by atoms with Gasteiger partial charge in [-0.2, -0.15) is 0 Å². The third-order valence-corrected chi connectivity index (χ3v) is 10.1. The van der Waals surface area contributed by atoms with Crippen molar-refractivity contribution < 1.29 is 41.0 Å². The monoisotopic (exact) mass is 575 g/mol. The Morgan fingerprint density at radius 1 is 1.08 bits per heavy atom. The number of sulfone groups is 1. The molecular formula is C26H29ClF3NO6S. The van der Waals surface area contributed by atoms with E-state index in [-0.39, 0.29) is 45.8 Å². The van der Waals surface area contributed by atoms with Crippen LogP contribution in [0, 0.1) is 29.3 Å². The molecule has 2 aliphatic carbocycles. The number of carbonyl (C=O) groups excluding carboxylic acids is 1. The predicted molar refractivity (Wildman–Crippen MR) is 134 cm³/mol. The number of ether oxygens (including phenoxy) is 2. The number of aliphatic hydroxyl groups is 1. The molecule has 4 rings (SSSR count). The second-order valence-corrected chi connectivity index (χ2v) is 12.2. The van der Waals surface area contributed by atoms with E-state index in [9.17, 15) is 31.5 Å². The lowest BCUT2D eigenvalue weighted by atomic mass is 9.76. The van der Waals surface area contributed by atoms with Crippen LogP contribution in [0.5, 0.6) is 0 Å². The maximum Gasteiger partial charge on any atom is 0.255 e. The van der Waals surface area contributed by atoms with Gasteiger partial charge in [0.25, 0.3) is 5.91 Å². The molecule has 2 bridgehead atoms. The molecule has 0 radical (unpaired) electrons. The van der Waals surface area contributed by atoms with Crippen LogP contribution >= 0.6 is 11.6 Å². The summed E-state index contributed by atoms with van der Waals surface area (Å²) >= 11 is 6.29. The molecule has 2 fully saturated rings. The summed E-state index contributed by atoms with van der Waals surface area (Å²) in [5.74, 6) is -6.27. The standard InChI is InChI=1S/C26H29ClF3NO6S/c1-3-36-25(37-4-2)26(33)12-15-5-6-16(13-26)23(15)38(34,35)21-9-14(7-8-18(21)27)24(32)31-17-10-19(28)22(30)20(29)11-17/h7-11,15-16,23,25,33H,3-6,12-13H2,1-2H3,(H,31,32)/t15-,16?,23+,26+/m0/s1. The Balaban J connectivity index is 1.60. The third kappa shape index (κ3) is 5.44. The predicted octanol–water partition coefficient (Wildman–Crippen LogP) is 5.10. The van der Waals surface area contributed by atoms with Crippen molar-refractivity contribution in [2.45, 2.75) is 61.6 Å². The molecule has 208 valence electrons. The van der Waals surface area contributed by atoms with Crippen molar-refractivity contribution >= 4 is 33.0 Å². The molecule has 0 spiro atoms. The highest BCUT2D eigenvalue weighted by atomic mass is 35.5. The fourth-order valence-corrected chi connectivity index (χ4v) is 8.61. The second kappa shape index (κ2) is 11.1. The molecule has 38 heavy (non-hydrogen) atoms. The number of hydrogen-bond donors (Lipinski definition) is 2. The summed E-state index contributed by atoms with van der Waals surface area (Å²) in [6, 6.07) is 4.88. The summed E-state index contributed by atoms with van der Waals surface area (Å²) in [4.78, 5) is 12.5. The molecule has 2 N–H and O–H groups in total. The van der Waals surface area contributed by atoms with Crippen LogP contribution in [0.25, 0.3) is 0 Å². The van der Waals surface area contributed by atoms with Gasteiger partial charge in [-0.3, -0.25) is 4.79 Å². The molecule has 7 nitrogen and oxygen atoms in total. The van der Waals surface area contributed by atoms with Crippen molar-refractivity contribution in [3.63, 3.8) is 0 Å². The zero-order chi connectivity index (χ0) is 27.8. The highest BCUT2D eigenvalue weighted by molar-refractivity contribution is 7.92. The Labute approximate surface area is 224 Å². The van der Waals surface area contributed by atoms with Crippen molar-refractivity contribution in [1.29, 1.82) is 0 Å². The zero-order valence-electron chi connectivity index (χ0n) is 20.8. The normalized spacial score (nSPS) is 25.1. The first-order valence-corrected chi connectivity index (χ1v) is 14.3. The number of hydrogen-bond acceptors (Lipinski definition) is 6. The van der Waals surface area contributed by atoms with Gasteiger partial charge in [0.05, 0.1) is 15.2 Å². The summed E-state index contributed by atoms with van der Waals surface area (Å²) in [5.41, 5.74) is -1.80. The van der Waals surface area contributed by atoms with Crippen molar-refractivity contribution in [3.8, 4) is 0 Å². The van der Waals surface area contributed by atoms with E-state index >= 15 is 0 Å². The molecule has 2 aromatic rings. The van der Waals surface area contributed by atoms with E-state index < -0.39 is 50.3 Å². The Bertz CT molecular complexity index is 1280. The molecule has 0 aliphatic heterocycles. The molecule has 0 heterocycles. The number of carbonyl (C=O) groups is 1. The van der Waals surface area contributed by atoms with Crippen LogP contribution in [-0.2, 0) is 19.3 Å². The van der Waals surface area contributed by atoms with Crippen LogP contribution < -0.4 is 5.32 Å². The van der Waals surface area contributed by atoms with E-state index in [4.69, 9.17) is 21.1 Å². The fraction of sp³-hybridized carbons (Fsp3) is 0.500. The number of anilines is 1. The van der Waals surface area contributed by atoms with Crippen LogP contribution in [0.4, 0.5) is 18.9 Å². The topological polar surface area (TPSA) is 102 Å². The highest BCUT2D eigenvalue weighted by Crippen LogP contribution is 2.52. The zero-order valence-corrected chi connectivity index (χ0v) is 22.4. The van der Waals surface area contributed by atoms with Crippen molar-refractivity contribution in [1.82, 2.24) is 0 Å². The molecular weight excluding hydrogens is 547 g/mol. The van der Waals surface area contributed by atoms with E-state index in [1.807, 2.05) is 0 Å². The van der Waals surface area contributed by atoms with Crippen LogP contribution in [0.3, 0.4) is 0 Å². The van der Waals surface area contributed by atoms with E-state index in [1.54, 1.807) is 13.8 Å². The van der Waals surface area contributed by atoms with Gasteiger partial charge in [0.1, 0.15) is 5.60 Å². The van der Waals surface area contributed by atoms with Crippen LogP contribution in [-0.4, -0.2) is 49.8 Å². The Morgan fingerprint density at radius 3 is 2.16 bits per heavy atom. The van der Waals surface area contributed by atoms with Crippen molar-refractivity contribution in [2.75, 3.05) is 18.5 Å². The Hall–Kier alpha value is -2.18. The quantitative estimate of drug-likeness (QED) is 0.319. The molecule has 2 saturated carbocycles. The molecule has 0 aromatic heterocycles. The van der Waals surface area contributed by atoms with Gasteiger partial charge in [-0.25, -0.2) is 21.6 Å². The lowest BCUT2D eigenvalue weighted by molar-refractivity contribution is -0.249. The average molecular weight is 576 g/mol. The van der Waals surface area contributed by atoms with Gasteiger partial charge in [0, 0.05) is 36.6 Å². The molecule has 4 atom stereocenters. The van der Waals surface area contributed by atoms with Crippen molar-refractivity contribution in [3.05, 3.63) is 58.4 Å². The van der Waals surface area contributed by atoms with Gasteiger partial charge < -0.3 is 19.9 Å². The minimum absolute atomic E-state index is 0.0813. The first kappa shape index (κ1) is 28.8. The Kier molecular flexibility index (Phi) is 8.44. The van der Waals surface area contributed by atoms with E-state index in [0.29, 0.717) is 38.2 Å². The van der Waals surface area contributed by atoms with Crippen LogP contribution in [0.1, 0.15) is 49.9 Å². The Morgan fingerprint density at radius 2 is 1.63 bits per heavy atom. The largest absolute Gasteiger partial charge is 0.385 e. The van der Waals surface area contributed by atoms with Gasteiger partial charge in [-0.1, -0.05) is 11.6 Å². The van der Waals surface area contributed by atoms with Gasteiger partial charge in [0.2, 0.25) is 0 Å². The van der Waals surface area contributed by atoms with Gasteiger partial charge in [-0.15, -0.1) is 0 Å². The fourth-order valence-electron chi connectivity index (χ4n) is 5.77. The summed E-state index contributed by atoms with van der Waals surface area (Å²) < 4.78 is 79.3.